The largest absolute Gasteiger partial charge is 0.493 e. The van der Waals surface area contributed by atoms with E-state index in [9.17, 15) is 0 Å². The van der Waals surface area contributed by atoms with Crippen LogP contribution in [0.1, 0.15) is 11.1 Å². The van der Waals surface area contributed by atoms with Crippen molar-refractivity contribution in [1.82, 2.24) is 0 Å². The first-order valence-electron chi connectivity index (χ1n) is 6.51. The Morgan fingerprint density at radius 1 is 1.21 bits per heavy atom. The number of hydrogen-bond acceptors (Lipinski definition) is 3. The van der Waals surface area contributed by atoms with Gasteiger partial charge in [0, 0.05) is 19.2 Å². The molecule has 0 aromatic heterocycles. The second-order valence-corrected chi connectivity index (χ2v) is 4.96. The first-order valence-corrected chi connectivity index (χ1v) is 6.51. The highest BCUT2D eigenvalue weighted by molar-refractivity contribution is 5.77. The summed E-state index contributed by atoms with van der Waals surface area (Å²) in [4.78, 5) is 2.14. The fourth-order valence-corrected chi connectivity index (χ4v) is 2.65. The van der Waals surface area contributed by atoms with Gasteiger partial charge in [-0.1, -0.05) is 12.1 Å². The number of fused-ring (bicyclic) bond motifs is 1. The molecule has 0 saturated carbocycles. The minimum absolute atomic E-state index is 0.787. The van der Waals surface area contributed by atoms with Crippen LogP contribution in [0, 0.1) is 6.92 Å². The van der Waals surface area contributed by atoms with Gasteiger partial charge in [0.05, 0.1) is 18.0 Å². The Morgan fingerprint density at radius 2 is 2.05 bits per heavy atom. The van der Waals surface area contributed by atoms with Crippen molar-refractivity contribution < 1.29 is 4.74 Å². The van der Waals surface area contributed by atoms with E-state index in [0.717, 1.165) is 35.8 Å². The first-order chi connectivity index (χ1) is 9.16. The molecule has 98 valence electrons. The lowest BCUT2D eigenvalue weighted by Gasteiger charge is -2.23. The van der Waals surface area contributed by atoms with Gasteiger partial charge in [-0.15, -0.1) is 0 Å². The maximum Gasteiger partial charge on any atom is 0.122 e. The first kappa shape index (κ1) is 11.9. The number of hydrogen-bond donors (Lipinski definition) is 1. The van der Waals surface area contributed by atoms with E-state index in [0.29, 0.717) is 0 Å². The fourth-order valence-electron chi connectivity index (χ4n) is 2.65. The number of para-hydroxylation sites is 1. The zero-order valence-electron chi connectivity index (χ0n) is 11.3. The molecule has 0 radical (unpaired) electrons. The normalized spacial score (nSPS) is 12.9. The van der Waals surface area contributed by atoms with E-state index in [-0.39, 0.29) is 0 Å². The Kier molecular flexibility index (Phi) is 2.82. The molecule has 0 aliphatic carbocycles. The molecule has 1 heterocycles. The molecule has 0 fully saturated rings. The third-order valence-corrected chi connectivity index (χ3v) is 3.66. The van der Waals surface area contributed by atoms with E-state index in [1.165, 1.54) is 11.1 Å². The number of nitrogen functional groups attached to an aromatic ring is 1. The molecule has 19 heavy (non-hydrogen) atoms. The van der Waals surface area contributed by atoms with Gasteiger partial charge >= 0.3 is 0 Å². The highest BCUT2D eigenvalue weighted by Crippen LogP contribution is 2.35. The van der Waals surface area contributed by atoms with Crippen molar-refractivity contribution in [3.63, 3.8) is 0 Å². The third-order valence-electron chi connectivity index (χ3n) is 3.66. The van der Waals surface area contributed by atoms with Gasteiger partial charge in [-0.2, -0.15) is 0 Å². The molecular formula is C16H18N2O. The summed E-state index contributed by atoms with van der Waals surface area (Å²) in [5.74, 6) is 1.01. The molecule has 3 heteroatoms. The summed E-state index contributed by atoms with van der Waals surface area (Å²) >= 11 is 0. The predicted octanol–water partition coefficient (Wildman–Crippen LogP) is 3.28. The average molecular weight is 254 g/mol. The molecule has 2 N–H and O–H groups in total. The Bertz CT molecular complexity index is 602. The summed E-state index contributed by atoms with van der Waals surface area (Å²) in [5, 5.41) is 0. The van der Waals surface area contributed by atoms with E-state index in [1.54, 1.807) is 0 Å². The third kappa shape index (κ3) is 2.01. The summed E-state index contributed by atoms with van der Waals surface area (Å²) < 4.78 is 5.54. The Balaban J connectivity index is 2.02. The maximum absolute atomic E-state index is 6.11. The molecule has 2 aromatic rings. The standard InChI is InChI=1S/C16H18N2O/c1-11-4-3-5-14(17)16(11)18(2)13-6-7-15-12(10-13)8-9-19-15/h3-7,10H,8-9,17H2,1-2H3. The molecule has 0 spiro atoms. The van der Waals surface area contributed by atoms with E-state index in [1.807, 2.05) is 18.2 Å². The summed E-state index contributed by atoms with van der Waals surface area (Å²) in [5.41, 5.74) is 11.6. The van der Waals surface area contributed by atoms with Crippen LogP contribution in [-0.4, -0.2) is 13.7 Å². The van der Waals surface area contributed by atoms with Crippen molar-refractivity contribution in [3.05, 3.63) is 47.5 Å². The van der Waals surface area contributed by atoms with Crippen molar-refractivity contribution in [2.24, 2.45) is 0 Å². The second kappa shape index (κ2) is 4.50. The van der Waals surface area contributed by atoms with E-state index in [4.69, 9.17) is 10.5 Å². The molecule has 3 rings (SSSR count). The Hall–Kier alpha value is -2.16. The van der Waals surface area contributed by atoms with Crippen LogP contribution in [0.2, 0.25) is 0 Å². The number of aryl methyl sites for hydroxylation is 1. The number of anilines is 3. The van der Waals surface area contributed by atoms with Gasteiger partial charge in [-0.25, -0.2) is 0 Å². The summed E-state index contributed by atoms with van der Waals surface area (Å²) in [6.45, 7) is 2.87. The van der Waals surface area contributed by atoms with Crippen molar-refractivity contribution in [1.29, 1.82) is 0 Å². The molecule has 0 atom stereocenters. The highest BCUT2D eigenvalue weighted by Gasteiger charge is 2.15. The maximum atomic E-state index is 6.11. The molecule has 0 bridgehead atoms. The minimum Gasteiger partial charge on any atom is -0.493 e. The fraction of sp³-hybridized carbons (Fsp3) is 0.250. The molecule has 2 aromatic carbocycles. The minimum atomic E-state index is 0.787. The predicted molar refractivity (Wildman–Crippen MR) is 79.3 cm³/mol. The van der Waals surface area contributed by atoms with Gasteiger partial charge in [-0.3, -0.25) is 0 Å². The van der Waals surface area contributed by atoms with Crippen LogP contribution in [-0.2, 0) is 6.42 Å². The van der Waals surface area contributed by atoms with Crippen LogP contribution >= 0.6 is 0 Å². The van der Waals surface area contributed by atoms with Gasteiger partial charge in [-0.05, 0) is 42.3 Å². The monoisotopic (exact) mass is 254 g/mol. The molecule has 3 nitrogen and oxygen atoms in total. The molecule has 1 aliphatic rings. The summed E-state index contributed by atoms with van der Waals surface area (Å²) in [7, 11) is 2.05. The van der Waals surface area contributed by atoms with Crippen LogP contribution < -0.4 is 15.4 Å². The highest BCUT2D eigenvalue weighted by atomic mass is 16.5. The number of nitrogens with two attached hydrogens (primary N) is 1. The topological polar surface area (TPSA) is 38.5 Å². The lowest BCUT2D eigenvalue weighted by Crippen LogP contribution is -2.13. The van der Waals surface area contributed by atoms with Gasteiger partial charge in [0.2, 0.25) is 0 Å². The second-order valence-electron chi connectivity index (χ2n) is 4.96. The number of ether oxygens (including phenoxy) is 1. The van der Waals surface area contributed by atoms with Crippen molar-refractivity contribution >= 4 is 17.1 Å². The van der Waals surface area contributed by atoms with Crippen molar-refractivity contribution in [2.75, 3.05) is 24.3 Å². The molecule has 0 unspecified atom stereocenters. The Labute approximate surface area is 113 Å². The van der Waals surface area contributed by atoms with E-state index in [2.05, 4.69) is 37.1 Å². The molecule has 1 aliphatic heterocycles. The molecule has 0 amide bonds. The lowest BCUT2D eigenvalue weighted by molar-refractivity contribution is 0.357. The number of benzene rings is 2. The van der Waals surface area contributed by atoms with Crippen LogP contribution in [0.4, 0.5) is 17.1 Å². The van der Waals surface area contributed by atoms with E-state index >= 15 is 0 Å². The van der Waals surface area contributed by atoms with Crippen LogP contribution in [0.5, 0.6) is 5.75 Å². The molecular weight excluding hydrogens is 236 g/mol. The zero-order chi connectivity index (χ0) is 13.4. The summed E-state index contributed by atoms with van der Waals surface area (Å²) in [6, 6.07) is 12.3. The van der Waals surface area contributed by atoms with Crippen LogP contribution in [0.3, 0.4) is 0 Å². The number of rotatable bonds is 2. The SMILES string of the molecule is Cc1cccc(N)c1N(C)c1ccc2c(c1)CCO2. The summed E-state index contributed by atoms with van der Waals surface area (Å²) in [6.07, 6.45) is 0.986. The van der Waals surface area contributed by atoms with Crippen molar-refractivity contribution in [3.8, 4) is 5.75 Å². The van der Waals surface area contributed by atoms with Crippen LogP contribution in [0.25, 0.3) is 0 Å². The van der Waals surface area contributed by atoms with Crippen molar-refractivity contribution in [2.45, 2.75) is 13.3 Å². The average Bonchev–Trinajstić information content (AvgIpc) is 2.85. The quantitative estimate of drug-likeness (QED) is 0.836. The number of nitrogens with zero attached hydrogens (tertiary/aromatic N) is 1. The van der Waals surface area contributed by atoms with Gasteiger partial charge in [0.1, 0.15) is 5.75 Å². The van der Waals surface area contributed by atoms with Gasteiger partial charge < -0.3 is 15.4 Å². The Morgan fingerprint density at radius 3 is 2.84 bits per heavy atom. The van der Waals surface area contributed by atoms with Gasteiger partial charge in [0.25, 0.3) is 0 Å². The van der Waals surface area contributed by atoms with Gasteiger partial charge in [0.15, 0.2) is 0 Å². The van der Waals surface area contributed by atoms with Crippen LogP contribution in [0.15, 0.2) is 36.4 Å². The zero-order valence-corrected chi connectivity index (χ0v) is 11.3. The smallest absolute Gasteiger partial charge is 0.122 e. The van der Waals surface area contributed by atoms with E-state index < -0.39 is 0 Å². The molecule has 0 saturated heterocycles. The lowest BCUT2D eigenvalue weighted by atomic mass is 10.1.